The number of anilines is 1. The van der Waals surface area contributed by atoms with Crippen molar-refractivity contribution >= 4 is 11.4 Å². The van der Waals surface area contributed by atoms with Gasteiger partial charge in [0.25, 0.3) is 5.69 Å². The first-order valence-electron chi connectivity index (χ1n) is 5.73. The van der Waals surface area contributed by atoms with E-state index in [0.29, 0.717) is 5.69 Å². The number of piperidine rings is 1. The van der Waals surface area contributed by atoms with Gasteiger partial charge in [-0.15, -0.1) is 0 Å². The summed E-state index contributed by atoms with van der Waals surface area (Å²) in [7, 11) is 1.71. The lowest BCUT2D eigenvalue weighted by Gasteiger charge is -2.32. The van der Waals surface area contributed by atoms with Gasteiger partial charge in [0.05, 0.1) is 11.0 Å². The van der Waals surface area contributed by atoms with E-state index in [-0.39, 0.29) is 16.7 Å². The molecule has 5 nitrogen and oxygen atoms in total. The molecule has 0 aromatic heterocycles. The monoisotopic (exact) mass is 236 g/mol. The second kappa shape index (κ2) is 5.14. The Morgan fingerprint density at radius 1 is 1.35 bits per heavy atom. The fourth-order valence-corrected chi connectivity index (χ4v) is 2.22. The van der Waals surface area contributed by atoms with Crippen molar-refractivity contribution < 1.29 is 9.66 Å². The summed E-state index contributed by atoms with van der Waals surface area (Å²) in [6, 6.07) is 6.90. The summed E-state index contributed by atoms with van der Waals surface area (Å²) >= 11 is 0. The molecule has 0 saturated carbocycles. The molecule has 5 heteroatoms. The number of nitro groups is 1. The Kier molecular flexibility index (Phi) is 3.58. The average Bonchev–Trinajstić information content (AvgIpc) is 2.39. The molecule has 1 aromatic carbocycles. The molecule has 17 heavy (non-hydrogen) atoms. The lowest BCUT2D eigenvalue weighted by molar-refractivity contribution is -0.384. The van der Waals surface area contributed by atoms with E-state index < -0.39 is 0 Å². The van der Waals surface area contributed by atoms with Crippen LogP contribution in [0.4, 0.5) is 11.4 Å². The van der Waals surface area contributed by atoms with E-state index in [9.17, 15) is 10.1 Å². The Morgan fingerprint density at radius 2 is 2.00 bits per heavy atom. The molecule has 0 bridgehead atoms. The van der Waals surface area contributed by atoms with Gasteiger partial charge in [-0.1, -0.05) is 12.1 Å². The van der Waals surface area contributed by atoms with Crippen LogP contribution in [0.5, 0.6) is 0 Å². The Morgan fingerprint density at radius 3 is 2.59 bits per heavy atom. The van der Waals surface area contributed by atoms with Crippen LogP contribution in [0.2, 0.25) is 0 Å². The van der Waals surface area contributed by atoms with Crippen molar-refractivity contribution in [2.24, 2.45) is 0 Å². The quantitative estimate of drug-likeness (QED) is 0.596. The van der Waals surface area contributed by atoms with Crippen molar-refractivity contribution in [2.45, 2.75) is 18.9 Å². The molecule has 0 aliphatic carbocycles. The molecule has 1 fully saturated rings. The zero-order valence-corrected chi connectivity index (χ0v) is 9.83. The molecule has 0 spiro atoms. The maximum absolute atomic E-state index is 10.9. The van der Waals surface area contributed by atoms with Crippen molar-refractivity contribution in [3.63, 3.8) is 0 Å². The maximum Gasteiger partial charge on any atom is 0.292 e. The van der Waals surface area contributed by atoms with Crippen LogP contribution in [0.25, 0.3) is 0 Å². The number of hydrogen-bond donors (Lipinski definition) is 0. The molecule has 0 atom stereocenters. The number of nitrogens with zero attached hydrogens (tertiary/aromatic N) is 2. The van der Waals surface area contributed by atoms with E-state index in [0.717, 1.165) is 25.9 Å². The number of hydrogen-bond acceptors (Lipinski definition) is 4. The van der Waals surface area contributed by atoms with Crippen LogP contribution in [0, 0.1) is 10.1 Å². The molecule has 0 radical (unpaired) electrons. The predicted octanol–water partition coefficient (Wildman–Crippen LogP) is 2.21. The first kappa shape index (κ1) is 11.9. The number of benzene rings is 1. The van der Waals surface area contributed by atoms with Crippen LogP contribution in [-0.2, 0) is 4.74 Å². The molecule has 0 amide bonds. The fraction of sp³-hybridized carbons (Fsp3) is 0.500. The van der Waals surface area contributed by atoms with Crippen LogP contribution < -0.4 is 4.90 Å². The van der Waals surface area contributed by atoms with Crippen molar-refractivity contribution in [2.75, 3.05) is 25.1 Å². The van der Waals surface area contributed by atoms with E-state index in [4.69, 9.17) is 4.74 Å². The minimum Gasteiger partial charge on any atom is -0.381 e. The number of ether oxygens (including phenoxy) is 1. The predicted molar refractivity (Wildman–Crippen MR) is 65.3 cm³/mol. The fourth-order valence-electron chi connectivity index (χ4n) is 2.22. The topological polar surface area (TPSA) is 55.6 Å². The Balaban J connectivity index is 2.15. The first-order chi connectivity index (χ1) is 8.22. The zero-order chi connectivity index (χ0) is 12.3. The molecule has 1 saturated heterocycles. The van der Waals surface area contributed by atoms with Crippen molar-refractivity contribution in [3.8, 4) is 0 Å². The molecule has 92 valence electrons. The summed E-state index contributed by atoms with van der Waals surface area (Å²) in [5, 5.41) is 10.9. The zero-order valence-electron chi connectivity index (χ0n) is 9.83. The summed E-state index contributed by atoms with van der Waals surface area (Å²) < 4.78 is 5.29. The second-order valence-corrected chi connectivity index (χ2v) is 4.17. The largest absolute Gasteiger partial charge is 0.381 e. The van der Waals surface area contributed by atoms with Gasteiger partial charge in [0.15, 0.2) is 0 Å². The highest BCUT2D eigenvalue weighted by atomic mass is 16.6. The van der Waals surface area contributed by atoms with Gasteiger partial charge in [-0.25, -0.2) is 0 Å². The van der Waals surface area contributed by atoms with Crippen LogP contribution >= 0.6 is 0 Å². The highest BCUT2D eigenvalue weighted by Crippen LogP contribution is 2.30. The third-order valence-corrected chi connectivity index (χ3v) is 3.19. The van der Waals surface area contributed by atoms with E-state index in [1.165, 1.54) is 0 Å². The Bertz CT molecular complexity index is 400. The molecule has 1 aliphatic rings. The summed E-state index contributed by atoms with van der Waals surface area (Å²) in [5.41, 5.74) is 0.899. The molecule has 1 aliphatic heterocycles. The van der Waals surface area contributed by atoms with Crippen molar-refractivity contribution in [1.82, 2.24) is 0 Å². The van der Waals surface area contributed by atoms with Crippen LogP contribution in [0.1, 0.15) is 12.8 Å². The minimum absolute atomic E-state index is 0.184. The van der Waals surface area contributed by atoms with Gasteiger partial charge in [-0.05, 0) is 18.9 Å². The average molecular weight is 236 g/mol. The van der Waals surface area contributed by atoms with E-state index in [1.54, 1.807) is 19.2 Å². The lowest BCUT2D eigenvalue weighted by atomic mass is 10.1. The second-order valence-electron chi connectivity index (χ2n) is 4.17. The Hall–Kier alpha value is -1.62. The highest BCUT2D eigenvalue weighted by molar-refractivity contribution is 5.63. The molecule has 0 unspecified atom stereocenters. The summed E-state index contributed by atoms with van der Waals surface area (Å²) in [6.45, 7) is 1.62. The van der Waals surface area contributed by atoms with Crippen LogP contribution in [0.15, 0.2) is 24.3 Å². The molecule has 0 N–H and O–H groups in total. The minimum atomic E-state index is -0.322. The van der Waals surface area contributed by atoms with Gasteiger partial charge >= 0.3 is 0 Å². The SMILES string of the molecule is COC1CCN(c2ccccc2[N+](=O)[O-])CC1. The molecule has 2 rings (SSSR count). The highest BCUT2D eigenvalue weighted by Gasteiger charge is 2.23. The van der Waals surface area contributed by atoms with Gasteiger partial charge in [0.2, 0.25) is 0 Å². The van der Waals surface area contributed by atoms with Gasteiger partial charge in [-0.3, -0.25) is 10.1 Å². The standard InChI is InChI=1S/C12H16N2O3/c1-17-10-6-8-13(9-7-10)11-4-2-3-5-12(11)14(15)16/h2-5,10H,6-9H2,1H3. The number of rotatable bonds is 3. The summed E-state index contributed by atoms with van der Waals surface area (Å²) in [4.78, 5) is 12.7. The van der Waals surface area contributed by atoms with E-state index in [2.05, 4.69) is 4.90 Å². The maximum atomic E-state index is 10.9. The molecular weight excluding hydrogens is 220 g/mol. The Labute approximate surface area is 100 Å². The van der Waals surface area contributed by atoms with E-state index in [1.807, 2.05) is 12.1 Å². The summed E-state index contributed by atoms with van der Waals surface area (Å²) in [6.07, 6.45) is 2.12. The molecular formula is C12H16N2O3. The third kappa shape index (κ3) is 2.55. The number of para-hydroxylation sites is 2. The van der Waals surface area contributed by atoms with Gasteiger partial charge in [0.1, 0.15) is 5.69 Å². The lowest BCUT2D eigenvalue weighted by Crippen LogP contribution is -2.36. The van der Waals surface area contributed by atoms with Gasteiger partial charge < -0.3 is 9.64 Å². The molecule has 1 heterocycles. The smallest absolute Gasteiger partial charge is 0.292 e. The normalized spacial score (nSPS) is 17.1. The van der Waals surface area contributed by atoms with Crippen LogP contribution in [-0.4, -0.2) is 31.2 Å². The van der Waals surface area contributed by atoms with Gasteiger partial charge in [0, 0.05) is 26.3 Å². The number of methoxy groups -OCH3 is 1. The van der Waals surface area contributed by atoms with Crippen LogP contribution in [0.3, 0.4) is 0 Å². The van der Waals surface area contributed by atoms with E-state index >= 15 is 0 Å². The first-order valence-corrected chi connectivity index (χ1v) is 5.73. The number of nitro benzene ring substituents is 1. The summed E-state index contributed by atoms with van der Waals surface area (Å²) in [5.74, 6) is 0. The molecule has 1 aromatic rings. The van der Waals surface area contributed by atoms with Crippen molar-refractivity contribution in [3.05, 3.63) is 34.4 Å². The van der Waals surface area contributed by atoms with Gasteiger partial charge in [-0.2, -0.15) is 0 Å². The third-order valence-electron chi connectivity index (χ3n) is 3.19. The van der Waals surface area contributed by atoms with Crippen molar-refractivity contribution in [1.29, 1.82) is 0 Å².